The maximum absolute atomic E-state index is 12.5. The Labute approximate surface area is 178 Å². The zero-order valence-electron chi connectivity index (χ0n) is 17.8. The number of ether oxygens (including phenoxy) is 2. The van der Waals surface area contributed by atoms with E-state index in [1.54, 1.807) is 7.11 Å². The van der Waals surface area contributed by atoms with Gasteiger partial charge in [-0.05, 0) is 56.0 Å². The van der Waals surface area contributed by atoms with Crippen LogP contribution < -0.4 is 4.74 Å². The van der Waals surface area contributed by atoms with E-state index in [0.29, 0.717) is 25.6 Å². The van der Waals surface area contributed by atoms with E-state index in [0.717, 1.165) is 56.4 Å². The van der Waals surface area contributed by atoms with Crippen molar-refractivity contribution in [1.29, 1.82) is 0 Å². The number of imidazole rings is 1. The van der Waals surface area contributed by atoms with Gasteiger partial charge in [0.15, 0.2) is 0 Å². The van der Waals surface area contributed by atoms with Crippen molar-refractivity contribution in [1.82, 2.24) is 19.4 Å². The molecule has 0 saturated carbocycles. The van der Waals surface area contributed by atoms with Crippen LogP contribution in [0.15, 0.2) is 36.7 Å². The van der Waals surface area contributed by atoms with Gasteiger partial charge in [-0.15, -0.1) is 0 Å². The fraction of sp³-hybridized carbons (Fsp3) is 0.565. The van der Waals surface area contributed by atoms with Crippen LogP contribution in [0.3, 0.4) is 0 Å². The van der Waals surface area contributed by atoms with E-state index in [9.17, 15) is 4.79 Å². The second-order valence-electron chi connectivity index (χ2n) is 8.19. The van der Waals surface area contributed by atoms with Crippen molar-refractivity contribution in [3.63, 3.8) is 0 Å². The molecule has 2 saturated heterocycles. The maximum atomic E-state index is 12.5. The van der Waals surface area contributed by atoms with E-state index in [-0.39, 0.29) is 5.91 Å². The number of hydrogen-bond donors (Lipinski definition) is 0. The minimum Gasteiger partial charge on any atom is -0.497 e. The zero-order valence-corrected chi connectivity index (χ0v) is 17.8. The Balaban J connectivity index is 1.31. The first kappa shape index (κ1) is 20.9. The molecule has 0 bridgehead atoms. The number of benzene rings is 1. The highest BCUT2D eigenvalue weighted by Crippen LogP contribution is 2.24. The van der Waals surface area contributed by atoms with Crippen LogP contribution in [0.5, 0.6) is 5.75 Å². The molecule has 7 heteroatoms. The number of rotatable bonds is 7. The standard InChI is InChI=1S/C23H32N4O3/c1-29-21-7-5-20(6-8-21)27-12-10-24-22(27)18-25-11-2-3-19(17-25)4-9-23(28)26-13-15-30-16-14-26/h5-8,10,12,19H,2-4,9,11,13-18H2,1H3. The Morgan fingerprint density at radius 2 is 2.00 bits per heavy atom. The summed E-state index contributed by atoms with van der Waals surface area (Å²) in [7, 11) is 1.68. The number of morpholine rings is 1. The quantitative estimate of drug-likeness (QED) is 0.700. The molecular weight excluding hydrogens is 380 g/mol. The molecule has 0 radical (unpaired) electrons. The summed E-state index contributed by atoms with van der Waals surface area (Å²) in [6, 6.07) is 8.06. The summed E-state index contributed by atoms with van der Waals surface area (Å²) in [6.07, 6.45) is 7.89. The first-order valence-corrected chi connectivity index (χ1v) is 11.0. The molecule has 2 aliphatic heterocycles. The average molecular weight is 413 g/mol. The van der Waals surface area contributed by atoms with Gasteiger partial charge in [0.2, 0.25) is 5.91 Å². The summed E-state index contributed by atoms with van der Waals surface area (Å²) in [4.78, 5) is 21.5. The van der Waals surface area contributed by atoms with Crippen molar-refractivity contribution >= 4 is 5.91 Å². The predicted octanol–water partition coefficient (Wildman–Crippen LogP) is 2.73. The molecule has 2 aliphatic rings. The predicted molar refractivity (Wildman–Crippen MR) is 115 cm³/mol. The summed E-state index contributed by atoms with van der Waals surface area (Å²) < 4.78 is 12.8. The average Bonchev–Trinajstić information content (AvgIpc) is 3.26. The normalized spacial score (nSPS) is 20.3. The highest BCUT2D eigenvalue weighted by Gasteiger charge is 2.24. The molecule has 1 aromatic carbocycles. The molecule has 1 amide bonds. The van der Waals surface area contributed by atoms with Crippen molar-refractivity contribution in [3.05, 3.63) is 42.5 Å². The molecule has 0 spiro atoms. The molecule has 30 heavy (non-hydrogen) atoms. The van der Waals surface area contributed by atoms with Crippen LogP contribution in [0.25, 0.3) is 5.69 Å². The van der Waals surface area contributed by atoms with Gasteiger partial charge >= 0.3 is 0 Å². The molecule has 0 N–H and O–H groups in total. The molecule has 4 rings (SSSR count). The molecule has 162 valence electrons. The smallest absolute Gasteiger partial charge is 0.222 e. The van der Waals surface area contributed by atoms with Crippen LogP contribution in [-0.4, -0.2) is 71.8 Å². The molecular formula is C23H32N4O3. The van der Waals surface area contributed by atoms with Crippen LogP contribution in [0.2, 0.25) is 0 Å². The van der Waals surface area contributed by atoms with Crippen molar-refractivity contribution in [2.24, 2.45) is 5.92 Å². The van der Waals surface area contributed by atoms with Crippen LogP contribution in [0.4, 0.5) is 0 Å². The number of amides is 1. The Hall–Kier alpha value is -2.38. The van der Waals surface area contributed by atoms with Gasteiger partial charge in [0.25, 0.3) is 0 Å². The molecule has 2 fully saturated rings. The van der Waals surface area contributed by atoms with Gasteiger partial charge < -0.3 is 18.9 Å². The number of hydrogen-bond acceptors (Lipinski definition) is 5. The minimum atomic E-state index is 0.283. The van der Waals surface area contributed by atoms with Gasteiger partial charge in [0.1, 0.15) is 11.6 Å². The summed E-state index contributed by atoms with van der Waals surface area (Å²) >= 11 is 0. The van der Waals surface area contributed by atoms with E-state index in [1.807, 2.05) is 29.4 Å². The fourth-order valence-electron chi connectivity index (χ4n) is 4.46. The van der Waals surface area contributed by atoms with Crippen molar-refractivity contribution in [2.45, 2.75) is 32.2 Å². The topological polar surface area (TPSA) is 59.8 Å². The van der Waals surface area contributed by atoms with Crippen molar-refractivity contribution in [3.8, 4) is 11.4 Å². The van der Waals surface area contributed by atoms with E-state index in [1.165, 1.54) is 12.8 Å². The molecule has 1 aromatic heterocycles. The lowest BCUT2D eigenvalue weighted by Crippen LogP contribution is -2.41. The highest BCUT2D eigenvalue weighted by molar-refractivity contribution is 5.76. The summed E-state index contributed by atoms with van der Waals surface area (Å²) in [6.45, 7) is 5.77. The van der Waals surface area contributed by atoms with Gasteiger partial charge in [-0.3, -0.25) is 9.69 Å². The largest absolute Gasteiger partial charge is 0.497 e. The van der Waals surface area contributed by atoms with Crippen molar-refractivity contribution < 1.29 is 14.3 Å². The Bertz CT molecular complexity index is 814. The maximum Gasteiger partial charge on any atom is 0.222 e. The highest BCUT2D eigenvalue weighted by atomic mass is 16.5. The zero-order chi connectivity index (χ0) is 20.8. The van der Waals surface area contributed by atoms with Gasteiger partial charge in [-0.25, -0.2) is 4.98 Å². The number of methoxy groups -OCH3 is 1. The molecule has 2 aromatic rings. The number of carbonyl (C=O) groups excluding carboxylic acids is 1. The first-order valence-electron chi connectivity index (χ1n) is 11.0. The molecule has 7 nitrogen and oxygen atoms in total. The lowest BCUT2D eigenvalue weighted by molar-refractivity contribution is -0.135. The van der Waals surface area contributed by atoms with Crippen LogP contribution in [0, 0.1) is 5.92 Å². The van der Waals surface area contributed by atoms with Gasteiger partial charge in [-0.2, -0.15) is 0 Å². The molecule has 3 heterocycles. The molecule has 0 aliphatic carbocycles. The number of nitrogens with zero attached hydrogens (tertiary/aromatic N) is 4. The summed E-state index contributed by atoms with van der Waals surface area (Å²) in [5.41, 5.74) is 1.09. The van der Waals surface area contributed by atoms with E-state index in [2.05, 4.69) is 26.6 Å². The van der Waals surface area contributed by atoms with E-state index < -0.39 is 0 Å². The Morgan fingerprint density at radius 1 is 1.20 bits per heavy atom. The van der Waals surface area contributed by atoms with Crippen LogP contribution in [-0.2, 0) is 16.1 Å². The van der Waals surface area contributed by atoms with Crippen LogP contribution >= 0.6 is 0 Å². The first-order chi connectivity index (χ1) is 14.7. The van der Waals surface area contributed by atoms with Crippen molar-refractivity contribution in [2.75, 3.05) is 46.5 Å². The fourth-order valence-corrected chi connectivity index (χ4v) is 4.46. The SMILES string of the molecule is COc1ccc(-n2ccnc2CN2CCCC(CCC(=O)N3CCOCC3)C2)cc1. The minimum absolute atomic E-state index is 0.283. The lowest BCUT2D eigenvalue weighted by atomic mass is 9.93. The second-order valence-corrected chi connectivity index (χ2v) is 8.19. The number of carbonyl (C=O) groups is 1. The molecule has 1 unspecified atom stereocenters. The van der Waals surface area contributed by atoms with Gasteiger partial charge in [0.05, 0.1) is 26.9 Å². The van der Waals surface area contributed by atoms with Crippen LogP contribution in [0.1, 0.15) is 31.5 Å². The Morgan fingerprint density at radius 3 is 2.77 bits per heavy atom. The Kier molecular flexibility index (Phi) is 7.02. The number of piperidine rings is 1. The van der Waals surface area contributed by atoms with Gasteiger partial charge in [0, 0.05) is 44.1 Å². The van der Waals surface area contributed by atoms with E-state index in [4.69, 9.17) is 9.47 Å². The number of likely N-dealkylation sites (tertiary alicyclic amines) is 1. The third-order valence-electron chi connectivity index (χ3n) is 6.17. The monoisotopic (exact) mass is 412 g/mol. The summed E-state index contributed by atoms with van der Waals surface area (Å²) in [5, 5.41) is 0. The third kappa shape index (κ3) is 5.21. The lowest BCUT2D eigenvalue weighted by Gasteiger charge is -2.33. The third-order valence-corrected chi connectivity index (χ3v) is 6.17. The second kappa shape index (κ2) is 10.1. The molecule has 1 atom stereocenters. The number of aromatic nitrogens is 2. The summed E-state index contributed by atoms with van der Waals surface area (Å²) in [5.74, 6) is 2.76. The van der Waals surface area contributed by atoms with E-state index >= 15 is 0 Å². The van der Waals surface area contributed by atoms with Gasteiger partial charge in [-0.1, -0.05) is 0 Å².